The number of hydrogen-bond donors (Lipinski definition) is 1. The standard InChI is InChI=1S/C5H3N4S/c10-5-3-4(7-1-6-3)8-2-9-5/h1-2H,(H,6,7,8,9). The number of hydrogen-bond acceptors (Lipinski definition) is 3. The Kier molecular flexibility index (Phi) is 1.04. The summed E-state index contributed by atoms with van der Waals surface area (Å²) in [6.45, 7) is 0. The van der Waals surface area contributed by atoms with Gasteiger partial charge in [-0.25, -0.2) is 15.0 Å². The van der Waals surface area contributed by atoms with E-state index in [0.717, 1.165) is 0 Å². The molecule has 0 fully saturated rings. The van der Waals surface area contributed by atoms with Crippen molar-refractivity contribution in [2.24, 2.45) is 0 Å². The highest BCUT2D eigenvalue weighted by atomic mass is 32.1. The normalized spacial score (nSPS) is 10.4. The number of imidazole rings is 1. The van der Waals surface area contributed by atoms with E-state index >= 15 is 0 Å². The molecule has 0 aliphatic heterocycles. The zero-order valence-electron chi connectivity index (χ0n) is 4.90. The van der Waals surface area contributed by atoms with Crippen molar-refractivity contribution in [3.05, 3.63) is 12.7 Å². The van der Waals surface area contributed by atoms with E-state index in [2.05, 4.69) is 19.9 Å². The van der Waals surface area contributed by atoms with Gasteiger partial charge in [0.05, 0.1) is 6.33 Å². The van der Waals surface area contributed by atoms with Gasteiger partial charge in [-0.15, -0.1) is 0 Å². The molecule has 4 nitrogen and oxygen atoms in total. The van der Waals surface area contributed by atoms with Crippen molar-refractivity contribution in [2.75, 3.05) is 0 Å². The second-order valence-electron chi connectivity index (χ2n) is 1.78. The van der Waals surface area contributed by atoms with Crippen LogP contribution < -0.4 is 0 Å². The third kappa shape index (κ3) is 0.640. The Labute approximate surface area is 62.1 Å². The molecule has 0 spiro atoms. The van der Waals surface area contributed by atoms with Crippen molar-refractivity contribution in [2.45, 2.75) is 5.03 Å². The highest BCUT2D eigenvalue weighted by Gasteiger charge is 2.00. The number of fused-ring (bicyclic) bond motifs is 1. The Balaban J connectivity index is 2.95. The van der Waals surface area contributed by atoms with Crippen LogP contribution in [0.1, 0.15) is 0 Å². The minimum absolute atomic E-state index is 0.492. The van der Waals surface area contributed by atoms with E-state index in [1.165, 1.54) is 6.33 Å². The highest BCUT2D eigenvalue weighted by molar-refractivity contribution is 7.80. The van der Waals surface area contributed by atoms with Crippen LogP contribution in [-0.4, -0.2) is 19.9 Å². The summed E-state index contributed by atoms with van der Waals surface area (Å²) in [4.78, 5) is 14.5. The molecule has 0 aliphatic rings. The average Bonchev–Trinajstić information content (AvgIpc) is 2.36. The van der Waals surface area contributed by atoms with E-state index in [1.54, 1.807) is 6.33 Å². The van der Waals surface area contributed by atoms with Gasteiger partial charge in [0.25, 0.3) is 0 Å². The number of rotatable bonds is 0. The van der Waals surface area contributed by atoms with Crippen LogP contribution >= 0.6 is 12.6 Å². The fourth-order valence-electron chi connectivity index (χ4n) is 0.743. The summed E-state index contributed by atoms with van der Waals surface area (Å²) in [6.07, 6.45) is 2.97. The Morgan fingerprint density at radius 3 is 3.00 bits per heavy atom. The van der Waals surface area contributed by atoms with Gasteiger partial charge in [-0.2, -0.15) is 0 Å². The highest BCUT2D eigenvalue weighted by Crippen LogP contribution is 2.11. The third-order valence-corrected chi connectivity index (χ3v) is 1.48. The first kappa shape index (κ1) is 5.55. The number of aromatic amines is 1. The summed E-state index contributed by atoms with van der Waals surface area (Å²) >= 11 is 4.87. The quantitative estimate of drug-likeness (QED) is 0.569. The lowest BCUT2D eigenvalue weighted by Gasteiger charge is -1.86. The number of aromatic nitrogens is 4. The molecule has 2 heterocycles. The SMILES string of the molecule is [S]c1ncnc2[nH]cnc12. The minimum atomic E-state index is 0.492. The van der Waals surface area contributed by atoms with Crippen LogP contribution in [0.3, 0.4) is 0 Å². The third-order valence-electron chi connectivity index (χ3n) is 1.18. The van der Waals surface area contributed by atoms with Gasteiger partial charge >= 0.3 is 0 Å². The molecule has 10 heavy (non-hydrogen) atoms. The van der Waals surface area contributed by atoms with E-state index in [0.29, 0.717) is 16.2 Å². The Morgan fingerprint density at radius 1 is 1.30 bits per heavy atom. The molecule has 0 saturated heterocycles. The smallest absolute Gasteiger partial charge is 0.162 e. The van der Waals surface area contributed by atoms with Crippen LogP contribution in [0.15, 0.2) is 17.7 Å². The molecular weight excluding hydrogens is 148 g/mol. The maximum Gasteiger partial charge on any atom is 0.162 e. The molecular formula is C5H3N4S. The van der Waals surface area contributed by atoms with Gasteiger partial charge in [-0.3, -0.25) is 0 Å². The summed E-state index contributed by atoms with van der Waals surface area (Å²) < 4.78 is 0. The minimum Gasteiger partial charge on any atom is -0.329 e. The summed E-state index contributed by atoms with van der Waals surface area (Å²) in [6, 6.07) is 0. The summed E-state index contributed by atoms with van der Waals surface area (Å²) in [5.74, 6) is 0. The number of H-pyrrole nitrogens is 1. The molecule has 0 saturated carbocycles. The van der Waals surface area contributed by atoms with Gasteiger partial charge in [0.15, 0.2) is 10.7 Å². The molecule has 49 valence electrons. The van der Waals surface area contributed by atoms with Crippen molar-refractivity contribution in [1.29, 1.82) is 0 Å². The number of nitrogens with one attached hydrogen (secondary N) is 1. The van der Waals surface area contributed by atoms with Crippen LogP contribution in [0.4, 0.5) is 0 Å². The van der Waals surface area contributed by atoms with E-state index in [1.807, 2.05) is 0 Å². The molecule has 0 aromatic carbocycles. The van der Waals surface area contributed by atoms with Gasteiger partial charge in [-0.1, -0.05) is 12.6 Å². The second kappa shape index (κ2) is 1.88. The maximum atomic E-state index is 4.87. The maximum absolute atomic E-state index is 4.87. The Hall–Kier alpha value is -1.23. The predicted octanol–water partition coefficient (Wildman–Crippen LogP) is 0.909. The molecule has 5 heteroatoms. The van der Waals surface area contributed by atoms with Crippen molar-refractivity contribution in [1.82, 2.24) is 19.9 Å². The van der Waals surface area contributed by atoms with E-state index in [4.69, 9.17) is 12.6 Å². The largest absolute Gasteiger partial charge is 0.329 e. The molecule has 0 atom stereocenters. The topological polar surface area (TPSA) is 54.5 Å². The lowest BCUT2D eigenvalue weighted by Crippen LogP contribution is -1.81. The van der Waals surface area contributed by atoms with Crippen LogP contribution in [0.5, 0.6) is 0 Å². The van der Waals surface area contributed by atoms with Gasteiger partial charge in [-0.05, 0) is 0 Å². The molecule has 1 radical (unpaired) electrons. The van der Waals surface area contributed by atoms with E-state index in [-0.39, 0.29) is 0 Å². The van der Waals surface area contributed by atoms with E-state index in [9.17, 15) is 0 Å². The van der Waals surface area contributed by atoms with Crippen LogP contribution in [0.2, 0.25) is 0 Å². The van der Waals surface area contributed by atoms with Crippen molar-refractivity contribution < 1.29 is 0 Å². The molecule has 1 N–H and O–H groups in total. The first-order valence-corrected chi connectivity index (χ1v) is 3.10. The van der Waals surface area contributed by atoms with Gasteiger partial charge < -0.3 is 4.98 Å². The lowest BCUT2D eigenvalue weighted by atomic mass is 10.6. The molecule has 0 unspecified atom stereocenters. The van der Waals surface area contributed by atoms with Crippen molar-refractivity contribution >= 4 is 23.8 Å². The van der Waals surface area contributed by atoms with Crippen LogP contribution in [0.25, 0.3) is 11.2 Å². The predicted molar refractivity (Wildman–Crippen MR) is 37.5 cm³/mol. The molecule has 0 amide bonds. The van der Waals surface area contributed by atoms with Gasteiger partial charge in [0, 0.05) is 0 Å². The molecule has 0 bridgehead atoms. The second-order valence-corrected chi connectivity index (χ2v) is 2.17. The van der Waals surface area contributed by atoms with Crippen molar-refractivity contribution in [3.63, 3.8) is 0 Å². The van der Waals surface area contributed by atoms with Crippen LogP contribution in [-0.2, 0) is 0 Å². The lowest BCUT2D eigenvalue weighted by molar-refractivity contribution is 1.09. The Bertz CT molecular complexity index is 355. The summed E-state index contributed by atoms with van der Waals surface area (Å²) in [5.41, 5.74) is 1.36. The Morgan fingerprint density at radius 2 is 2.20 bits per heavy atom. The first-order valence-electron chi connectivity index (χ1n) is 2.69. The fourth-order valence-corrected chi connectivity index (χ4v) is 0.939. The summed E-state index contributed by atoms with van der Waals surface area (Å²) in [5, 5.41) is 0.492. The molecule has 2 rings (SSSR count). The van der Waals surface area contributed by atoms with E-state index < -0.39 is 0 Å². The molecule has 2 aromatic rings. The fraction of sp³-hybridized carbons (Fsp3) is 0. The molecule has 0 aliphatic carbocycles. The summed E-state index contributed by atoms with van der Waals surface area (Å²) in [7, 11) is 0. The zero-order valence-corrected chi connectivity index (χ0v) is 5.72. The van der Waals surface area contributed by atoms with Gasteiger partial charge in [0.2, 0.25) is 0 Å². The zero-order chi connectivity index (χ0) is 6.97. The van der Waals surface area contributed by atoms with Gasteiger partial charge in [0.1, 0.15) is 11.8 Å². The van der Waals surface area contributed by atoms with Crippen molar-refractivity contribution in [3.8, 4) is 0 Å². The average molecular weight is 151 g/mol. The van der Waals surface area contributed by atoms with Crippen LogP contribution in [0, 0.1) is 0 Å². The first-order chi connectivity index (χ1) is 4.88. The molecule has 2 aromatic heterocycles. The monoisotopic (exact) mass is 151 g/mol. The number of nitrogens with zero attached hydrogens (tertiary/aromatic N) is 3.